The van der Waals surface area contributed by atoms with E-state index in [1.165, 1.54) is 0 Å². The molecule has 0 fully saturated rings. The van der Waals surface area contributed by atoms with Crippen molar-refractivity contribution in [2.24, 2.45) is 0 Å². The Labute approximate surface area is 115 Å². The number of rotatable bonds is 4. The predicted octanol–water partition coefficient (Wildman–Crippen LogP) is -4.84. The zero-order valence-electron chi connectivity index (χ0n) is 8.03. The van der Waals surface area contributed by atoms with Crippen molar-refractivity contribution in [1.82, 2.24) is 0 Å². The molecule has 0 aliphatic rings. The smallest absolute Gasteiger partial charge is 1.00 e. The topological polar surface area (TPSA) is 72.4 Å². The van der Waals surface area contributed by atoms with Gasteiger partial charge in [0.25, 0.3) is 0 Å². The minimum absolute atomic E-state index is 0. The molecule has 0 aromatic heterocycles. The molecule has 0 saturated carbocycles. The molecule has 5 nitrogen and oxygen atoms in total. The molecule has 0 amide bonds. The Hall–Kier alpha value is 1.62. The van der Waals surface area contributed by atoms with Crippen LogP contribution in [0.5, 0.6) is 0 Å². The van der Waals surface area contributed by atoms with E-state index in [9.17, 15) is 14.4 Å². The molecule has 0 aliphatic carbocycles. The summed E-state index contributed by atoms with van der Waals surface area (Å²) in [7, 11) is 0.875. The molecule has 0 rings (SSSR count). The Kier molecular flexibility index (Phi) is 12.1. The third kappa shape index (κ3) is 19.9. The van der Waals surface area contributed by atoms with E-state index in [4.69, 9.17) is 0 Å². The molecule has 76 valence electrons. The standard InChI is InChI=1S/C5H14NO4P.Ca.ClH/c1-6(2,3)4-5-10-11(7,8)9;;/h4-5H2,1-3H3,(H-,7,8,9);;1H/q;+2;/p-2. The van der Waals surface area contributed by atoms with E-state index in [1.54, 1.807) is 0 Å². The normalized spacial score (nSPS) is 11.5. The van der Waals surface area contributed by atoms with Crippen LogP contribution in [0.25, 0.3) is 0 Å². The summed E-state index contributed by atoms with van der Waals surface area (Å²) in [5, 5.41) is 0. The van der Waals surface area contributed by atoms with E-state index in [0.29, 0.717) is 11.0 Å². The Balaban J connectivity index is -0.000000500. The first-order valence-electron chi connectivity index (χ1n) is 3.18. The van der Waals surface area contributed by atoms with Crippen LogP contribution in [0.2, 0.25) is 0 Å². The molecular formula is C5H13CaClNO4P. The summed E-state index contributed by atoms with van der Waals surface area (Å²) >= 11 is 0. The first kappa shape index (κ1) is 20.1. The number of phosphoric acid groups is 1. The van der Waals surface area contributed by atoms with Gasteiger partial charge in [0, 0.05) is 0 Å². The van der Waals surface area contributed by atoms with Crippen molar-refractivity contribution in [3.63, 3.8) is 0 Å². The van der Waals surface area contributed by atoms with Gasteiger partial charge >= 0.3 is 37.7 Å². The Morgan fingerprint density at radius 3 is 1.92 bits per heavy atom. The van der Waals surface area contributed by atoms with Crippen LogP contribution in [0, 0.1) is 0 Å². The fourth-order valence-electron chi connectivity index (χ4n) is 0.426. The summed E-state index contributed by atoms with van der Waals surface area (Å²) in [6.45, 7) is 0.447. The Morgan fingerprint density at radius 1 is 1.31 bits per heavy atom. The van der Waals surface area contributed by atoms with Crippen LogP contribution in [0.4, 0.5) is 0 Å². The van der Waals surface area contributed by atoms with Crippen molar-refractivity contribution in [2.75, 3.05) is 34.3 Å². The Bertz CT molecular complexity index is 168. The van der Waals surface area contributed by atoms with Gasteiger partial charge in [-0.05, 0) is 0 Å². The number of halogens is 1. The molecule has 13 heavy (non-hydrogen) atoms. The van der Waals surface area contributed by atoms with Crippen molar-refractivity contribution in [3.8, 4) is 0 Å². The number of quaternary nitrogens is 1. The molecule has 0 aliphatic heterocycles. The van der Waals surface area contributed by atoms with Gasteiger partial charge in [0.2, 0.25) is 0 Å². The van der Waals surface area contributed by atoms with Crippen LogP contribution >= 0.6 is 7.82 Å². The second-order valence-electron chi connectivity index (χ2n) is 3.29. The number of hydrogen-bond acceptors (Lipinski definition) is 4. The summed E-state index contributed by atoms with van der Waals surface area (Å²) in [5.41, 5.74) is 0. The van der Waals surface area contributed by atoms with Crippen LogP contribution in [-0.2, 0) is 9.09 Å². The van der Waals surface area contributed by atoms with Gasteiger partial charge < -0.3 is 35.8 Å². The molecule has 0 saturated heterocycles. The first-order valence-corrected chi connectivity index (χ1v) is 4.64. The fraction of sp³-hybridized carbons (Fsp3) is 1.00. The maximum atomic E-state index is 9.96. The molecule has 0 bridgehead atoms. The van der Waals surface area contributed by atoms with Gasteiger partial charge in [-0.3, -0.25) is 0 Å². The number of phosphoric ester groups is 1. The molecule has 0 aromatic rings. The molecule has 0 N–H and O–H groups in total. The minimum atomic E-state index is -4.76. The van der Waals surface area contributed by atoms with Crippen molar-refractivity contribution >= 4 is 45.6 Å². The van der Waals surface area contributed by atoms with Gasteiger partial charge in [0.1, 0.15) is 13.2 Å². The van der Waals surface area contributed by atoms with Gasteiger partial charge in [-0.1, -0.05) is 0 Å². The van der Waals surface area contributed by atoms with E-state index in [2.05, 4.69) is 4.52 Å². The van der Waals surface area contributed by atoms with E-state index in [0.717, 1.165) is 0 Å². The summed E-state index contributed by atoms with van der Waals surface area (Å²) in [5.74, 6) is 0. The van der Waals surface area contributed by atoms with Crippen molar-refractivity contribution in [2.45, 2.75) is 0 Å². The maximum absolute atomic E-state index is 9.96. The monoisotopic (exact) mass is 257 g/mol. The third-order valence-corrected chi connectivity index (χ3v) is 1.51. The Morgan fingerprint density at radius 2 is 1.69 bits per heavy atom. The second kappa shape index (κ2) is 7.85. The summed E-state index contributed by atoms with van der Waals surface area (Å²) in [4.78, 5) is 19.9. The fourth-order valence-corrected chi connectivity index (χ4v) is 0.732. The molecule has 8 heteroatoms. The van der Waals surface area contributed by atoms with Crippen molar-refractivity contribution in [3.05, 3.63) is 0 Å². The maximum Gasteiger partial charge on any atom is 2.00 e. The summed E-state index contributed by atoms with van der Waals surface area (Å²) in [6, 6.07) is 0. The molecular weight excluding hydrogens is 245 g/mol. The molecule has 0 aromatic carbocycles. The van der Waals surface area contributed by atoms with Gasteiger partial charge in [0.15, 0.2) is 0 Å². The minimum Gasteiger partial charge on any atom is -1.00 e. The van der Waals surface area contributed by atoms with E-state index < -0.39 is 7.82 Å². The average molecular weight is 258 g/mol. The third-order valence-electron chi connectivity index (χ3n) is 1.01. The van der Waals surface area contributed by atoms with Gasteiger partial charge in [-0.2, -0.15) is 0 Å². The first-order chi connectivity index (χ1) is 4.71. The number of likely N-dealkylation sites (N-methyl/N-ethyl adjacent to an activating group) is 1. The molecule has 0 unspecified atom stereocenters. The van der Waals surface area contributed by atoms with Gasteiger partial charge in [0.05, 0.1) is 29.0 Å². The van der Waals surface area contributed by atoms with E-state index in [-0.39, 0.29) is 56.8 Å². The quantitative estimate of drug-likeness (QED) is 0.288. The molecule has 0 spiro atoms. The van der Waals surface area contributed by atoms with Crippen molar-refractivity contribution in [1.29, 1.82) is 0 Å². The molecule has 0 atom stereocenters. The van der Waals surface area contributed by atoms with Gasteiger partial charge in [-0.15, -0.1) is 0 Å². The van der Waals surface area contributed by atoms with Crippen LogP contribution in [-0.4, -0.2) is 76.5 Å². The predicted molar refractivity (Wildman–Crippen MR) is 42.2 cm³/mol. The largest absolute Gasteiger partial charge is 2.00 e. The van der Waals surface area contributed by atoms with Gasteiger partial charge in [-0.25, -0.2) is 0 Å². The average Bonchev–Trinajstić information content (AvgIpc) is 1.55. The van der Waals surface area contributed by atoms with E-state index in [1.807, 2.05) is 21.1 Å². The van der Waals surface area contributed by atoms with Crippen LogP contribution in [0.15, 0.2) is 0 Å². The van der Waals surface area contributed by atoms with Crippen LogP contribution in [0.1, 0.15) is 0 Å². The molecule has 0 radical (unpaired) electrons. The van der Waals surface area contributed by atoms with Crippen molar-refractivity contribution < 1.29 is 35.8 Å². The number of nitrogens with zero attached hydrogens (tertiary/aromatic N) is 1. The number of hydrogen-bond donors (Lipinski definition) is 0. The second-order valence-corrected chi connectivity index (χ2v) is 4.45. The van der Waals surface area contributed by atoms with Crippen LogP contribution < -0.4 is 22.2 Å². The summed E-state index contributed by atoms with van der Waals surface area (Å²) in [6.07, 6.45) is 0. The zero-order chi connectivity index (χ0) is 9.12. The zero-order valence-corrected chi connectivity index (χ0v) is 11.9. The summed E-state index contributed by atoms with van der Waals surface area (Å²) < 4.78 is 14.6. The SMILES string of the molecule is C[N+](C)(C)CCOP(=O)([O-])[O-].[Ca+2].[Cl-]. The van der Waals surface area contributed by atoms with E-state index >= 15 is 0 Å². The van der Waals surface area contributed by atoms with Crippen LogP contribution in [0.3, 0.4) is 0 Å². The molecule has 0 heterocycles.